The summed E-state index contributed by atoms with van der Waals surface area (Å²) in [6, 6.07) is 0. The Labute approximate surface area is 101 Å². The SMILES string of the molecule is C=C(C)CP(=O)(N(CC)CC)N(CC)CC. The molecule has 0 aliphatic rings. The molecule has 0 fully saturated rings. The van der Waals surface area contributed by atoms with Crippen molar-refractivity contribution < 1.29 is 4.57 Å². The first-order valence-electron chi connectivity index (χ1n) is 6.20. The van der Waals surface area contributed by atoms with E-state index in [1.165, 1.54) is 0 Å². The van der Waals surface area contributed by atoms with Crippen LogP contribution in [-0.4, -0.2) is 41.7 Å². The molecule has 96 valence electrons. The van der Waals surface area contributed by atoms with Gasteiger partial charge in [0.15, 0.2) is 0 Å². The minimum absolute atomic E-state index is 0.607. The Balaban J connectivity index is 5.14. The molecular weight excluding hydrogens is 219 g/mol. The lowest BCUT2D eigenvalue weighted by Gasteiger charge is -2.37. The van der Waals surface area contributed by atoms with Gasteiger partial charge in [-0.15, -0.1) is 0 Å². The van der Waals surface area contributed by atoms with Gasteiger partial charge in [0.2, 0.25) is 7.44 Å². The molecule has 0 aromatic rings. The van der Waals surface area contributed by atoms with Crippen LogP contribution in [0.2, 0.25) is 0 Å². The maximum atomic E-state index is 13.1. The molecule has 0 rings (SSSR count). The van der Waals surface area contributed by atoms with Crippen LogP contribution in [0.5, 0.6) is 0 Å². The van der Waals surface area contributed by atoms with E-state index < -0.39 is 7.44 Å². The fraction of sp³-hybridized carbons (Fsp3) is 0.833. The van der Waals surface area contributed by atoms with Crippen molar-refractivity contribution in [1.82, 2.24) is 9.34 Å². The van der Waals surface area contributed by atoms with Crippen LogP contribution in [-0.2, 0) is 4.57 Å². The van der Waals surface area contributed by atoms with Gasteiger partial charge in [0, 0.05) is 32.3 Å². The molecule has 0 aromatic carbocycles. The minimum Gasteiger partial charge on any atom is -0.288 e. The van der Waals surface area contributed by atoms with Crippen LogP contribution in [0.4, 0.5) is 0 Å². The third kappa shape index (κ3) is 3.73. The van der Waals surface area contributed by atoms with Crippen molar-refractivity contribution in [2.24, 2.45) is 0 Å². The maximum Gasteiger partial charge on any atom is 0.220 e. The van der Waals surface area contributed by atoms with Crippen LogP contribution < -0.4 is 0 Å². The number of rotatable bonds is 8. The molecule has 0 aliphatic heterocycles. The van der Waals surface area contributed by atoms with Crippen molar-refractivity contribution in [3.63, 3.8) is 0 Å². The van der Waals surface area contributed by atoms with Gasteiger partial charge in [0.05, 0.1) is 0 Å². The summed E-state index contributed by atoms with van der Waals surface area (Å²) in [4.78, 5) is 0. The van der Waals surface area contributed by atoms with Gasteiger partial charge in [-0.2, -0.15) is 0 Å². The van der Waals surface area contributed by atoms with Gasteiger partial charge in [0.1, 0.15) is 0 Å². The summed E-state index contributed by atoms with van der Waals surface area (Å²) in [6.45, 7) is 17.5. The molecule has 0 aliphatic carbocycles. The van der Waals surface area contributed by atoms with Gasteiger partial charge >= 0.3 is 0 Å². The second-order valence-corrected chi connectivity index (χ2v) is 6.83. The standard InChI is InChI=1S/C12H27N2OP/c1-7-13(8-2)16(15,11-12(5)6)14(9-3)10-4/h5,7-11H2,1-4,6H3. The van der Waals surface area contributed by atoms with Crippen molar-refractivity contribution in [1.29, 1.82) is 0 Å². The molecule has 0 amide bonds. The van der Waals surface area contributed by atoms with E-state index in [0.29, 0.717) is 6.16 Å². The van der Waals surface area contributed by atoms with E-state index in [4.69, 9.17) is 0 Å². The van der Waals surface area contributed by atoms with Crippen LogP contribution in [0.3, 0.4) is 0 Å². The molecule has 16 heavy (non-hydrogen) atoms. The topological polar surface area (TPSA) is 23.6 Å². The summed E-state index contributed by atoms with van der Waals surface area (Å²) in [6.07, 6.45) is 0.607. The van der Waals surface area contributed by atoms with E-state index in [-0.39, 0.29) is 0 Å². The van der Waals surface area contributed by atoms with Gasteiger partial charge < -0.3 is 0 Å². The molecule has 0 heterocycles. The van der Waals surface area contributed by atoms with E-state index in [1.807, 2.05) is 6.92 Å². The molecule has 3 nitrogen and oxygen atoms in total. The van der Waals surface area contributed by atoms with Crippen molar-refractivity contribution >= 4 is 7.44 Å². The van der Waals surface area contributed by atoms with Gasteiger partial charge in [-0.3, -0.25) is 4.57 Å². The molecule has 0 unspecified atom stereocenters. The first-order chi connectivity index (χ1) is 7.46. The summed E-state index contributed by atoms with van der Waals surface area (Å²) in [5.41, 5.74) is 1.00. The van der Waals surface area contributed by atoms with Crippen LogP contribution >= 0.6 is 7.44 Å². The van der Waals surface area contributed by atoms with Crippen LogP contribution in [0.15, 0.2) is 12.2 Å². The van der Waals surface area contributed by atoms with Crippen LogP contribution in [0, 0.1) is 0 Å². The highest BCUT2D eigenvalue weighted by molar-refractivity contribution is 7.59. The van der Waals surface area contributed by atoms with Crippen LogP contribution in [0.25, 0.3) is 0 Å². The molecular formula is C12H27N2OP. The highest BCUT2D eigenvalue weighted by atomic mass is 31.2. The summed E-state index contributed by atoms with van der Waals surface area (Å²) in [7, 11) is -2.43. The normalized spacial score (nSPS) is 12.4. The molecule has 0 radical (unpaired) electrons. The monoisotopic (exact) mass is 246 g/mol. The van der Waals surface area contributed by atoms with Gasteiger partial charge in [-0.05, 0) is 6.92 Å². The lowest BCUT2D eigenvalue weighted by molar-refractivity contribution is 0.361. The quantitative estimate of drug-likeness (QED) is 0.484. The molecule has 4 heteroatoms. The van der Waals surface area contributed by atoms with E-state index >= 15 is 0 Å². The molecule has 0 saturated heterocycles. The summed E-state index contributed by atoms with van der Waals surface area (Å²) < 4.78 is 17.3. The average Bonchev–Trinajstić information content (AvgIpc) is 2.19. The van der Waals surface area contributed by atoms with E-state index in [1.54, 1.807) is 0 Å². The Morgan fingerprint density at radius 1 is 1.00 bits per heavy atom. The Hall–Kier alpha value is -0.110. The Morgan fingerprint density at radius 2 is 1.31 bits per heavy atom. The number of hydrogen-bond acceptors (Lipinski definition) is 1. The highest BCUT2D eigenvalue weighted by Crippen LogP contribution is 2.53. The third-order valence-electron chi connectivity index (χ3n) is 2.82. The third-order valence-corrected chi connectivity index (χ3v) is 6.67. The Bertz CT molecular complexity index is 242. The zero-order valence-electron chi connectivity index (χ0n) is 11.5. The van der Waals surface area contributed by atoms with Crippen LogP contribution in [0.1, 0.15) is 34.6 Å². The molecule has 0 bridgehead atoms. The minimum atomic E-state index is -2.43. The second-order valence-electron chi connectivity index (χ2n) is 4.06. The predicted octanol–water partition coefficient (Wildman–Crippen LogP) is 3.44. The lowest BCUT2D eigenvalue weighted by Crippen LogP contribution is -2.33. The van der Waals surface area contributed by atoms with E-state index in [0.717, 1.165) is 31.8 Å². The first-order valence-corrected chi connectivity index (χ1v) is 8.00. The van der Waals surface area contributed by atoms with Gasteiger partial charge in [0.25, 0.3) is 0 Å². The molecule has 0 N–H and O–H groups in total. The second kappa shape index (κ2) is 7.26. The van der Waals surface area contributed by atoms with Crippen molar-refractivity contribution in [3.8, 4) is 0 Å². The van der Waals surface area contributed by atoms with Crippen molar-refractivity contribution in [2.45, 2.75) is 34.6 Å². The van der Waals surface area contributed by atoms with E-state index in [2.05, 4.69) is 43.6 Å². The summed E-state index contributed by atoms with van der Waals surface area (Å²) in [5.74, 6) is 0. The summed E-state index contributed by atoms with van der Waals surface area (Å²) in [5, 5.41) is 0. The summed E-state index contributed by atoms with van der Waals surface area (Å²) >= 11 is 0. The van der Waals surface area contributed by atoms with Gasteiger partial charge in [-0.1, -0.05) is 39.8 Å². The van der Waals surface area contributed by atoms with Crippen molar-refractivity contribution in [3.05, 3.63) is 12.2 Å². The fourth-order valence-corrected chi connectivity index (χ4v) is 5.29. The molecule has 0 aromatic heterocycles. The zero-order chi connectivity index (χ0) is 12.8. The molecule has 0 spiro atoms. The Morgan fingerprint density at radius 3 is 1.50 bits per heavy atom. The highest BCUT2D eigenvalue weighted by Gasteiger charge is 2.33. The maximum absolute atomic E-state index is 13.1. The Kier molecular flexibility index (Phi) is 7.21. The first kappa shape index (κ1) is 15.9. The number of nitrogens with zero attached hydrogens (tertiary/aromatic N) is 2. The average molecular weight is 246 g/mol. The molecule has 0 saturated carbocycles. The largest absolute Gasteiger partial charge is 0.288 e. The zero-order valence-corrected chi connectivity index (χ0v) is 12.4. The fourth-order valence-electron chi connectivity index (χ4n) is 2.06. The predicted molar refractivity (Wildman–Crippen MR) is 73.1 cm³/mol. The number of hydrogen-bond donors (Lipinski definition) is 0. The van der Waals surface area contributed by atoms with Crippen molar-refractivity contribution in [2.75, 3.05) is 32.3 Å². The van der Waals surface area contributed by atoms with Gasteiger partial charge in [-0.25, -0.2) is 9.34 Å². The molecule has 0 atom stereocenters. The lowest BCUT2D eigenvalue weighted by atomic mass is 10.4. The number of allylic oxidation sites excluding steroid dienone is 1. The van der Waals surface area contributed by atoms with E-state index in [9.17, 15) is 4.57 Å². The smallest absolute Gasteiger partial charge is 0.220 e.